The summed E-state index contributed by atoms with van der Waals surface area (Å²) >= 11 is 0. The van der Waals surface area contributed by atoms with Crippen LogP contribution >= 0.6 is 0 Å². The molecule has 0 spiro atoms. The fraction of sp³-hybridized carbons (Fsp3) is 0.190. The third-order valence-electron chi connectivity index (χ3n) is 4.58. The van der Waals surface area contributed by atoms with E-state index in [0.717, 1.165) is 17.1 Å². The Morgan fingerprint density at radius 2 is 1.96 bits per heavy atom. The SMILES string of the molecule is Cc1ncc(CO)c(/C=N/NC(=O)c2cc(C)n(-c3ccccc3)c2C)c1O. The van der Waals surface area contributed by atoms with E-state index in [1.807, 2.05) is 48.7 Å². The molecule has 0 saturated heterocycles. The summed E-state index contributed by atoms with van der Waals surface area (Å²) in [6, 6.07) is 11.6. The van der Waals surface area contributed by atoms with Gasteiger partial charge in [0.1, 0.15) is 5.75 Å². The first-order chi connectivity index (χ1) is 13.4. The van der Waals surface area contributed by atoms with Crippen molar-refractivity contribution in [3.05, 3.63) is 76.4 Å². The van der Waals surface area contributed by atoms with Crippen molar-refractivity contribution >= 4 is 12.1 Å². The van der Waals surface area contributed by atoms with Crippen LogP contribution in [0.5, 0.6) is 5.75 Å². The van der Waals surface area contributed by atoms with Crippen LogP contribution in [0, 0.1) is 20.8 Å². The van der Waals surface area contributed by atoms with Crippen molar-refractivity contribution in [3.8, 4) is 11.4 Å². The molecule has 3 rings (SSSR count). The van der Waals surface area contributed by atoms with Gasteiger partial charge in [0.05, 0.1) is 24.1 Å². The molecule has 0 aliphatic carbocycles. The Morgan fingerprint density at radius 3 is 2.64 bits per heavy atom. The predicted molar refractivity (Wildman–Crippen MR) is 107 cm³/mol. The molecule has 2 heterocycles. The number of aryl methyl sites for hydroxylation is 2. The van der Waals surface area contributed by atoms with Crippen LogP contribution in [0.25, 0.3) is 5.69 Å². The standard InChI is InChI=1S/C21H22N4O3/c1-13-9-18(15(3)25(13)17-7-5-4-6-8-17)21(28)24-23-11-19-16(12-26)10-22-14(2)20(19)27/h4-11,26-27H,12H2,1-3H3,(H,24,28)/b23-11+. The van der Waals surface area contributed by atoms with Gasteiger partial charge in [0.25, 0.3) is 5.91 Å². The molecular formula is C21H22N4O3. The Hall–Kier alpha value is -3.45. The van der Waals surface area contributed by atoms with Crippen LogP contribution in [0.2, 0.25) is 0 Å². The Morgan fingerprint density at radius 1 is 1.25 bits per heavy atom. The molecule has 0 radical (unpaired) electrons. The summed E-state index contributed by atoms with van der Waals surface area (Å²) in [5.41, 5.74) is 6.86. The third-order valence-corrected chi connectivity index (χ3v) is 4.58. The minimum atomic E-state index is -0.359. The van der Waals surface area contributed by atoms with Crippen LogP contribution in [-0.4, -0.2) is 31.9 Å². The first-order valence-corrected chi connectivity index (χ1v) is 8.80. The lowest BCUT2D eigenvalue weighted by molar-refractivity contribution is 0.0954. The maximum Gasteiger partial charge on any atom is 0.273 e. The molecule has 0 aliphatic rings. The Kier molecular flexibility index (Phi) is 5.56. The van der Waals surface area contributed by atoms with Crippen LogP contribution < -0.4 is 5.43 Å². The van der Waals surface area contributed by atoms with E-state index < -0.39 is 0 Å². The highest BCUT2D eigenvalue weighted by Gasteiger charge is 2.16. The fourth-order valence-corrected chi connectivity index (χ4v) is 3.11. The molecule has 0 fully saturated rings. The van der Waals surface area contributed by atoms with Crippen LogP contribution in [0.1, 0.15) is 38.6 Å². The van der Waals surface area contributed by atoms with Crippen molar-refractivity contribution in [2.75, 3.05) is 0 Å². The molecule has 28 heavy (non-hydrogen) atoms. The number of hydrazone groups is 1. The molecule has 3 aromatic rings. The topological polar surface area (TPSA) is 99.7 Å². The second kappa shape index (κ2) is 8.06. The number of aliphatic hydroxyl groups is 1. The highest BCUT2D eigenvalue weighted by Crippen LogP contribution is 2.22. The van der Waals surface area contributed by atoms with E-state index in [1.165, 1.54) is 12.4 Å². The maximum absolute atomic E-state index is 12.6. The maximum atomic E-state index is 12.6. The summed E-state index contributed by atoms with van der Waals surface area (Å²) in [4.78, 5) is 16.6. The van der Waals surface area contributed by atoms with Crippen LogP contribution in [0.15, 0.2) is 47.7 Å². The van der Waals surface area contributed by atoms with Gasteiger partial charge < -0.3 is 14.8 Å². The molecule has 7 nitrogen and oxygen atoms in total. The summed E-state index contributed by atoms with van der Waals surface area (Å²) < 4.78 is 2.00. The summed E-state index contributed by atoms with van der Waals surface area (Å²) in [5.74, 6) is -0.436. The number of aliphatic hydroxyl groups excluding tert-OH is 1. The number of pyridine rings is 1. The zero-order chi connectivity index (χ0) is 20.3. The van der Waals surface area contributed by atoms with E-state index in [1.54, 1.807) is 13.0 Å². The average Bonchev–Trinajstić information content (AvgIpc) is 3.00. The molecule has 0 atom stereocenters. The Bertz CT molecular complexity index is 1040. The van der Waals surface area contributed by atoms with E-state index >= 15 is 0 Å². The van der Waals surface area contributed by atoms with Crippen LogP contribution in [0.4, 0.5) is 0 Å². The minimum Gasteiger partial charge on any atom is -0.505 e. The largest absolute Gasteiger partial charge is 0.505 e. The predicted octanol–water partition coefficient (Wildman–Crippen LogP) is 2.76. The monoisotopic (exact) mass is 378 g/mol. The summed E-state index contributed by atoms with van der Waals surface area (Å²) in [5, 5.41) is 23.5. The molecule has 0 bridgehead atoms. The van der Waals surface area contributed by atoms with Gasteiger partial charge in [-0.05, 0) is 39.0 Å². The second-order valence-electron chi connectivity index (χ2n) is 6.44. The summed E-state index contributed by atoms with van der Waals surface area (Å²) in [6.07, 6.45) is 2.77. The normalized spacial score (nSPS) is 11.1. The average molecular weight is 378 g/mol. The van der Waals surface area contributed by atoms with Crippen molar-refractivity contribution in [2.45, 2.75) is 27.4 Å². The van der Waals surface area contributed by atoms with E-state index in [2.05, 4.69) is 15.5 Å². The number of carbonyl (C=O) groups excluding carboxylic acids is 1. The van der Waals surface area contributed by atoms with Gasteiger partial charge in [-0.25, -0.2) is 5.43 Å². The molecule has 1 aromatic carbocycles. The molecule has 1 amide bonds. The van der Waals surface area contributed by atoms with Gasteiger partial charge in [-0.15, -0.1) is 0 Å². The van der Waals surface area contributed by atoms with Gasteiger partial charge in [-0.3, -0.25) is 9.78 Å². The molecule has 0 saturated carbocycles. The number of carbonyl (C=O) groups is 1. The summed E-state index contributed by atoms with van der Waals surface area (Å²) in [6.45, 7) is 5.16. The van der Waals surface area contributed by atoms with Crippen LogP contribution in [-0.2, 0) is 6.61 Å². The van der Waals surface area contributed by atoms with Crippen molar-refractivity contribution in [2.24, 2.45) is 5.10 Å². The lowest BCUT2D eigenvalue weighted by Crippen LogP contribution is -2.18. The van der Waals surface area contributed by atoms with Crippen molar-refractivity contribution < 1.29 is 15.0 Å². The number of amides is 1. The molecule has 2 aromatic heterocycles. The van der Waals surface area contributed by atoms with Crippen molar-refractivity contribution in [1.29, 1.82) is 0 Å². The van der Waals surface area contributed by atoms with E-state index in [9.17, 15) is 15.0 Å². The number of hydrogen-bond donors (Lipinski definition) is 3. The van der Waals surface area contributed by atoms with Gasteiger partial charge in [-0.2, -0.15) is 5.10 Å². The van der Waals surface area contributed by atoms with E-state index in [-0.39, 0.29) is 18.3 Å². The summed E-state index contributed by atoms with van der Waals surface area (Å²) in [7, 11) is 0. The highest BCUT2D eigenvalue weighted by atomic mass is 16.3. The van der Waals surface area contributed by atoms with Crippen molar-refractivity contribution in [1.82, 2.24) is 15.0 Å². The minimum absolute atomic E-state index is 0.0770. The number of benzene rings is 1. The van der Waals surface area contributed by atoms with Gasteiger partial charge in [-0.1, -0.05) is 18.2 Å². The number of hydrogen-bond acceptors (Lipinski definition) is 5. The zero-order valence-corrected chi connectivity index (χ0v) is 16.0. The number of para-hydroxylation sites is 1. The fourth-order valence-electron chi connectivity index (χ4n) is 3.11. The third kappa shape index (κ3) is 3.65. The first-order valence-electron chi connectivity index (χ1n) is 8.80. The molecule has 0 unspecified atom stereocenters. The number of aromatic nitrogens is 2. The molecule has 0 aliphatic heterocycles. The quantitative estimate of drug-likeness (QED) is 0.469. The van der Waals surface area contributed by atoms with Crippen LogP contribution in [0.3, 0.4) is 0 Å². The van der Waals surface area contributed by atoms with Gasteiger partial charge in [0, 0.05) is 34.4 Å². The second-order valence-corrected chi connectivity index (χ2v) is 6.44. The highest BCUT2D eigenvalue weighted by molar-refractivity contribution is 5.96. The van der Waals surface area contributed by atoms with E-state index in [0.29, 0.717) is 22.4 Å². The lowest BCUT2D eigenvalue weighted by atomic mass is 10.1. The Balaban J connectivity index is 1.84. The first kappa shape index (κ1) is 19.3. The van der Waals surface area contributed by atoms with Gasteiger partial charge in [0.15, 0.2) is 0 Å². The molecule has 7 heteroatoms. The lowest BCUT2D eigenvalue weighted by Gasteiger charge is -2.09. The smallest absolute Gasteiger partial charge is 0.273 e. The zero-order valence-electron chi connectivity index (χ0n) is 16.0. The van der Waals surface area contributed by atoms with Gasteiger partial charge >= 0.3 is 0 Å². The number of rotatable bonds is 5. The van der Waals surface area contributed by atoms with Gasteiger partial charge in [0.2, 0.25) is 0 Å². The molecular weight excluding hydrogens is 356 g/mol. The van der Waals surface area contributed by atoms with E-state index in [4.69, 9.17) is 0 Å². The molecule has 3 N–H and O–H groups in total. The number of nitrogens with one attached hydrogen (secondary N) is 1. The number of aromatic hydroxyl groups is 1. The Labute approximate surface area is 163 Å². The number of nitrogens with zero attached hydrogens (tertiary/aromatic N) is 3. The van der Waals surface area contributed by atoms with Crippen molar-refractivity contribution in [3.63, 3.8) is 0 Å². The molecule has 144 valence electrons.